The standard InChI is InChI=1S/C25H21ClN4O2S/c26-18-12-10-17(11-13-18)24-28-29-25(30(24)19-6-2-1-3-7-19)33-16-23(31)27-21-14-15-32-22-9-5-4-8-20(21)22/h1-13,21H,14-16H2,(H,27,31). The van der Waals surface area contributed by atoms with Gasteiger partial charge in [0.25, 0.3) is 0 Å². The average molecular weight is 477 g/mol. The third-order valence-electron chi connectivity index (χ3n) is 5.38. The first kappa shape index (κ1) is 21.6. The number of para-hydroxylation sites is 2. The van der Waals surface area contributed by atoms with Gasteiger partial charge in [0.2, 0.25) is 5.91 Å². The number of amides is 1. The Morgan fingerprint density at radius 1 is 1.03 bits per heavy atom. The number of carbonyl (C=O) groups is 1. The average Bonchev–Trinajstić information content (AvgIpc) is 3.28. The van der Waals surface area contributed by atoms with Crippen molar-refractivity contribution in [3.63, 3.8) is 0 Å². The Hall–Kier alpha value is -3.29. The third-order valence-corrected chi connectivity index (χ3v) is 6.56. The zero-order chi connectivity index (χ0) is 22.6. The van der Waals surface area contributed by atoms with Crippen LogP contribution in [0.5, 0.6) is 5.75 Å². The van der Waals surface area contributed by atoms with Gasteiger partial charge >= 0.3 is 0 Å². The van der Waals surface area contributed by atoms with Crippen molar-refractivity contribution in [1.29, 1.82) is 0 Å². The van der Waals surface area contributed by atoms with Crippen molar-refractivity contribution in [2.75, 3.05) is 12.4 Å². The van der Waals surface area contributed by atoms with Crippen LogP contribution in [0.4, 0.5) is 0 Å². The number of fused-ring (bicyclic) bond motifs is 1. The molecule has 8 heteroatoms. The molecule has 1 aliphatic heterocycles. The van der Waals surface area contributed by atoms with Gasteiger partial charge in [-0.1, -0.05) is 59.8 Å². The van der Waals surface area contributed by atoms with Gasteiger partial charge in [0, 0.05) is 28.3 Å². The summed E-state index contributed by atoms with van der Waals surface area (Å²) in [5.74, 6) is 1.69. The summed E-state index contributed by atoms with van der Waals surface area (Å²) in [4.78, 5) is 12.8. The lowest BCUT2D eigenvalue weighted by Gasteiger charge is -2.26. The fraction of sp³-hybridized carbons (Fsp3) is 0.160. The van der Waals surface area contributed by atoms with Crippen LogP contribution in [0, 0.1) is 0 Å². The van der Waals surface area contributed by atoms with Crippen molar-refractivity contribution in [2.45, 2.75) is 17.6 Å². The quantitative estimate of drug-likeness (QED) is 0.381. The molecule has 1 N–H and O–H groups in total. The van der Waals surface area contributed by atoms with E-state index < -0.39 is 0 Å². The summed E-state index contributed by atoms with van der Waals surface area (Å²) < 4.78 is 7.66. The number of carbonyl (C=O) groups excluding carboxylic acids is 1. The molecule has 0 saturated carbocycles. The summed E-state index contributed by atoms with van der Waals surface area (Å²) in [6.45, 7) is 0.585. The van der Waals surface area contributed by atoms with Gasteiger partial charge in [0.1, 0.15) is 5.75 Å². The first-order chi connectivity index (χ1) is 16.2. The minimum absolute atomic E-state index is 0.0559. The van der Waals surface area contributed by atoms with E-state index >= 15 is 0 Å². The van der Waals surface area contributed by atoms with Crippen LogP contribution in [0.25, 0.3) is 17.1 Å². The van der Waals surface area contributed by atoms with Crippen LogP contribution in [0.15, 0.2) is 84.0 Å². The summed E-state index contributed by atoms with van der Waals surface area (Å²) in [6, 6.07) is 25.1. The van der Waals surface area contributed by atoms with Gasteiger partial charge in [0.05, 0.1) is 18.4 Å². The van der Waals surface area contributed by atoms with Gasteiger partial charge in [-0.3, -0.25) is 9.36 Å². The second-order valence-corrected chi connectivity index (χ2v) is 8.95. The topological polar surface area (TPSA) is 69.0 Å². The maximum Gasteiger partial charge on any atom is 0.230 e. The zero-order valence-corrected chi connectivity index (χ0v) is 19.2. The Kier molecular flexibility index (Phi) is 6.32. The summed E-state index contributed by atoms with van der Waals surface area (Å²) in [7, 11) is 0. The van der Waals surface area contributed by atoms with Crippen molar-refractivity contribution in [2.24, 2.45) is 0 Å². The minimum Gasteiger partial charge on any atom is -0.493 e. The highest BCUT2D eigenvalue weighted by Crippen LogP contribution is 2.32. The van der Waals surface area contributed by atoms with Gasteiger partial charge in [-0.25, -0.2) is 0 Å². The summed E-state index contributed by atoms with van der Waals surface area (Å²) in [5.41, 5.74) is 2.83. The number of nitrogens with one attached hydrogen (secondary N) is 1. The molecular weight excluding hydrogens is 456 g/mol. The van der Waals surface area contributed by atoms with Crippen molar-refractivity contribution in [1.82, 2.24) is 20.1 Å². The Balaban J connectivity index is 1.36. The number of hydrogen-bond acceptors (Lipinski definition) is 5. The molecule has 1 aromatic heterocycles. The molecule has 2 heterocycles. The van der Waals surface area contributed by atoms with E-state index in [4.69, 9.17) is 16.3 Å². The molecule has 6 nitrogen and oxygen atoms in total. The van der Waals surface area contributed by atoms with Gasteiger partial charge in [-0.05, 0) is 42.5 Å². The van der Waals surface area contributed by atoms with Gasteiger partial charge in [-0.15, -0.1) is 10.2 Å². The molecule has 0 radical (unpaired) electrons. The predicted molar refractivity (Wildman–Crippen MR) is 130 cm³/mol. The number of hydrogen-bond donors (Lipinski definition) is 1. The molecule has 4 aromatic rings. The van der Waals surface area contributed by atoms with Gasteiger partial charge in [0.15, 0.2) is 11.0 Å². The molecule has 0 fully saturated rings. The lowest BCUT2D eigenvalue weighted by Crippen LogP contribution is -2.33. The first-order valence-electron chi connectivity index (χ1n) is 10.6. The number of aromatic nitrogens is 3. The van der Waals surface area contributed by atoms with Crippen LogP contribution >= 0.6 is 23.4 Å². The molecule has 0 saturated heterocycles. The fourth-order valence-corrected chi connectivity index (χ4v) is 4.71. The highest BCUT2D eigenvalue weighted by atomic mass is 35.5. The number of benzene rings is 3. The second kappa shape index (κ2) is 9.68. The zero-order valence-electron chi connectivity index (χ0n) is 17.6. The Morgan fingerprint density at radius 2 is 1.79 bits per heavy atom. The minimum atomic E-state index is -0.0580. The van der Waals surface area contributed by atoms with Crippen LogP contribution in [-0.2, 0) is 4.79 Å². The molecule has 33 heavy (non-hydrogen) atoms. The van der Waals surface area contributed by atoms with Crippen LogP contribution in [-0.4, -0.2) is 33.0 Å². The van der Waals surface area contributed by atoms with Crippen molar-refractivity contribution in [3.05, 3.63) is 89.4 Å². The fourth-order valence-electron chi connectivity index (χ4n) is 3.82. The van der Waals surface area contributed by atoms with Crippen LogP contribution in [0.1, 0.15) is 18.0 Å². The Bertz CT molecular complexity index is 1260. The lowest BCUT2D eigenvalue weighted by atomic mass is 10.0. The van der Waals surface area contributed by atoms with Crippen LogP contribution in [0.3, 0.4) is 0 Å². The maximum absolute atomic E-state index is 12.8. The van der Waals surface area contributed by atoms with E-state index in [2.05, 4.69) is 15.5 Å². The number of ether oxygens (including phenoxy) is 1. The van der Waals surface area contributed by atoms with Crippen LogP contribution < -0.4 is 10.1 Å². The summed E-state index contributed by atoms with van der Waals surface area (Å²) in [6.07, 6.45) is 0.744. The molecule has 0 aliphatic carbocycles. The summed E-state index contributed by atoms with van der Waals surface area (Å²) >= 11 is 7.42. The molecule has 1 aliphatic rings. The normalized spacial score (nSPS) is 14.9. The highest BCUT2D eigenvalue weighted by Gasteiger charge is 2.23. The molecular formula is C25H21ClN4O2S. The smallest absolute Gasteiger partial charge is 0.230 e. The van der Waals surface area contributed by atoms with E-state index in [-0.39, 0.29) is 17.7 Å². The molecule has 5 rings (SSSR count). The molecule has 166 valence electrons. The molecule has 3 aromatic carbocycles. The second-order valence-electron chi connectivity index (χ2n) is 7.57. The van der Waals surface area contributed by atoms with Gasteiger partial charge in [-0.2, -0.15) is 0 Å². The van der Waals surface area contributed by atoms with E-state index in [1.54, 1.807) is 0 Å². The predicted octanol–water partition coefficient (Wildman–Crippen LogP) is 5.32. The third kappa shape index (κ3) is 4.74. The number of halogens is 1. The van der Waals surface area contributed by atoms with Crippen molar-refractivity contribution < 1.29 is 9.53 Å². The van der Waals surface area contributed by atoms with Crippen molar-refractivity contribution >= 4 is 29.3 Å². The molecule has 1 atom stereocenters. The van der Waals surface area contributed by atoms with E-state index in [0.717, 1.165) is 29.0 Å². The van der Waals surface area contributed by atoms with E-state index in [1.807, 2.05) is 83.4 Å². The molecule has 0 bridgehead atoms. The number of nitrogens with zero attached hydrogens (tertiary/aromatic N) is 3. The summed E-state index contributed by atoms with van der Waals surface area (Å²) in [5, 5.41) is 13.2. The van der Waals surface area contributed by atoms with E-state index in [9.17, 15) is 4.79 Å². The lowest BCUT2D eigenvalue weighted by molar-refractivity contribution is -0.119. The SMILES string of the molecule is O=C(CSc1nnc(-c2ccc(Cl)cc2)n1-c1ccccc1)NC1CCOc2ccccc21. The Morgan fingerprint density at radius 3 is 2.61 bits per heavy atom. The molecule has 0 spiro atoms. The Labute approximate surface area is 200 Å². The maximum atomic E-state index is 12.8. The van der Waals surface area contributed by atoms with Crippen LogP contribution in [0.2, 0.25) is 5.02 Å². The van der Waals surface area contributed by atoms with E-state index in [0.29, 0.717) is 22.6 Å². The van der Waals surface area contributed by atoms with E-state index in [1.165, 1.54) is 11.8 Å². The first-order valence-corrected chi connectivity index (χ1v) is 12.0. The number of rotatable bonds is 6. The number of thioether (sulfide) groups is 1. The molecule has 1 unspecified atom stereocenters. The highest BCUT2D eigenvalue weighted by molar-refractivity contribution is 7.99. The largest absolute Gasteiger partial charge is 0.493 e. The van der Waals surface area contributed by atoms with Gasteiger partial charge < -0.3 is 10.1 Å². The molecule has 1 amide bonds. The van der Waals surface area contributed by atoms with Crippen molar-refractivity contribution in [3.8, 4) is 22.8 Å². The monoisotopic (exact) mass is 476 g/mol.